The Morgan fingerprint density at radius 3 is 1.53 bits per heavy atom. The van der Waals surface area contributed by atoms with E-state index in [1.165, 1.54) is 63.8 Å². The molecule has 4 heterocycles. The molecule has 12 aromatic rings. The Labute approximate surface area is 332 Å². The lowest BCUT2D eigenvalue weighted by atomic mass is 10.0. The highest BCUT2D eigenvalue weighted by molar-refractivity contribution is 7.27. The fourth-order valence-corrected chi connectivity index (χ4v) is 10.1. The van der Waals surface area contributed by atoms with Crippen LogP contribution in [0.2, 0.25) is 0 Å². The molecular weight excluding hydrogens is 713 g/mol. The minimum atomic E-state index is 0.711. The molecule has 4 nitrogen and oxygen atoms in total. The van der Waals surface area contributed by atoms with Gasteiger partial charge in [0.05, 0.1) is 38.2 Å². The van der Waals surface area contributed by atoms with Crippen LogP contribution in [0.1, 0.15) is 0 Å². The van der Waals surface area contributed by atoms with Gasteiger partial charge in [-0.2, -0.15) is 0 Å². The number of benzene rings is 8. The zero-order valence-electron chi connectivity index (χ0n) is 30.7. The first-order valence-corrected chi connectivity index (χ1v) is 20.1. The molecule has 0 aliphatic carbocycles. The van der Waals surface area contributed by atoms with Crippen LogP contribution in [0.5, 0.6) is 0 Å². The second-order valence-corrected chi connectivity index (χ2v) is 15.6. The molecule has 0 aliphatic rings. The Bertz CT molecular complexity index is 3430. The van der Waals surface area contributed by atoms with E-state index >= 15 is 0 Å². The predicted octanol–water partition coefficient (Wildman–Crippen LogP) is 14.0. The Morgan fingerprint density at radius 1 is 0.368 bits per heavy atom. The quantitative estimate of drug-likeness (QED) is 0.176. The van der Waals surface area contributed by atoms with Crippen LogP contribution < -0.4 is 0 Å². The molecule has 0 radical (unpaired) electrons. The van der Waals surface area contributed by atoms with Crippen molar-refractivity contribution in [2.24, 2.45) is 0 Å². The SMILES string of the molecule is c1ccc(-c2cc(-c3ccc(-n4c5ccccc5c5c4c4sc6ccccc6c4c4c6ccccc6n(-c6ccccc6)c45)cc3)nc(-c3ccccc3)n2)cc1. The van der Waals surface area contributed by atoms with Crippen LogP contribution in [0.25, 0.3) is 109 Å². The smallest absolute Gasteiger partial charge is 0.160 e. The summed E-state index contributed by atoms with van der Waals surface area (Å²) in [5.74, 6) is 0.711. The van der Waals surface area contributed by atoms with Gasteiger partial charge in [0, 0.05) is 65.1 Å². The van der Waals surface area contributed by atoms with Gasteiger partial charge in [0.2, 0.25) is 0 Å². The minimum Gasteiger partial charge on any atom is -0.309 e. The Balaban J connectivity index is 1.16. The number of nitrogens with zero attached hydrogens (tertiary/aromatic N) is 4. The number of aromatic nitrogens is 4. The summed E-state index contributed by atoms with van der Waals surface area (Å²) in [4.78, 5) is 10.2. The first kappa shape index (κ1) is 32.0. The van der Waals surface area contributed by atoms with Crippen LogP contribution in [0, 0.1) is 0 Å². The second-order valence-electron chi connectivity index (χ2n) is 14.5. The topological polar surface area (TPSA) is 35.6 Å². The van der Waals surface area contributed by atoms with Gasteiger partial charge in [-0.1, -0.05) is 146 Å². The molecule has 8 aromatic carbocycles. The zero-order valence-corrected chi connectivity index (χ0v) is 31.5. The molecule has 0 atom stereocenters. The van der Waals surface area contributed by atoms with Crippen molar-refractivity contribution in [2.45, 2.75) is 0 Å². The Kier molecular flexibility index (Phi) is 7.06. The summed E-state index contributed by atoms with van der Waals surface area (Å²) in [7, 11) is 0. The van der Waals surface area contributed by atoms with Crippen LogP contribution in [-0.2, 0) is 0 Å². The maximum atomic E-state index is 5.13. The first-order chi connectivity index (χ1) is 28.3. The number of thiophene rings is 1. The number of hydrogen-bond acceptors (Lipinski definition) is 3. The van der Waals surface area contributed by atoms with Gasteiger partial charge in [0.25, 0.3) is 0 Å². The van der Waals surface area contributed by atoms with E-state index in [2.05, 4.69) is 179 Å². The fourth-order valence-electron chi connectivity index (χ4n) is 8.85. The molecule has 0 saturated heterocycles. The van der Waals surface area contributed by atoms with E-state index in [-0.39, 0.29) is 0 Å². The van der Waals surface area contributed by atoms with Gasteiger partial charge in [-0.05, 0) is 48.5 Å². The van der Waals surface area contributed by atoms with E-state index in [9.17, 15) is 0 Å². The number of fused-ring (bicyclic) bond motifs is 12. The van der Waals surface area contributed by atoms with E-state index in [1.807, 2.05) is 35.6 Å². The van der Waals surface area contributed by atoms with Gasteiger partial charge >= 0.3 is 0 Å². The lowest BCUT2D eigenvalue weighted by molar-refractivity contribution is 1.17. The van der Waals surface area contributed by atoms with Crippen molar-refractivity contribution < 1.29 is 0 Å². The largest absolute Gasteiger partial charge is 0.309 e. The molecule has 0 fully saturated rings. The molecule has 0 aliphatic heterocycles. The number of para-hydroxylation sites is 3. The normalized spacial score (nSPS) is 11.9. The molecule has 266 valence electrons. The third kappa shape index (κ3) is 4.86. The first-order valence-electron chi connectivity index (χ1n) is 19.3. The summed E-state index contributed by atoms with van der Waals surface area (Å²) in [5, 5.41) is 7.67. The standard InChI is InChI=1S/C52H32N4S/c1-4-16-33(17-5-1)41-32-42(54-52(53-41)35-18-6-2-7-19-35)34-28-30-37(31-29-34)56-44-26-14-11-23-39(44)48-49-46(47-40-24-12-15-27-45(40)57-51(47)50(48)56)38-22-10-13-25-43(38)55(49)36-20-8-3-9-21-36/h1-32H. The highest BCUT2D eigenvalue weighted by Crippen LogP contribution is 2.51. The summed E-state index contributed by atoms with van der Waals surface area (Å²) in [6, 6.07) is 69.2. The van der Waals surface area contributed by atoms with Gasteiger partial charge in [0.1, 0.15) is 0 Å². The lowest BCUT2D eigenvalue weighted by Crippen LogP contribution is -1.97. The van der Waals surface area contributed by atoms with Gasteiger partial charge in [-0.25, -0.2) is 9.97 Å². The van der Waals surface area contributed by atoms with E-state index in [0.29, 0.717) is 5.82 Å². The van der Waals surface area contributed by atoms with Crippen molar-refractivity contribution in [3.8, 4) is 45.3 Å². The second kappa shape index (κ2) is 12.6. The summed E-state index contributed by atoms with van der Waals surface area (Å²) >= 11 is 1.90. The highest BCUT2D eigenvalue weighted by Gasteiger charge is 2.26. The molecule has 0 spiro atoms. The van der Waals surface area contributed by atoms with Crippen molar-refractivity contribution in [2.75, 3.05) is 0 Å². The molecule has 0 unspecified atom stereocenters. The van der Waals surface area contributed by atoms with Crippen LogP contribution in [-0.4, -0.2) is 19.1 Å². The highest BCUT2D eigenvalue weighted by atomic mass is 32.1. The van der Waals surface area contributed by atoms with Crippen LogP contribution >= 0.6 is 11.3 Å². The Morgan fingerprint density at radius 2 is 0.860 bits per heavy atom. The molecule has 0 amide bonds. The zero-order chi connectivity index (χ0) is 37.5. The summed E-state index contributed by atoms with van der Waals surface area (Å²) in [5.41, 5.74) is 12.0. The molecule has 4 aromatic heterocycles. The average molecular weight is 745 g/mol. The van der Waals surface area contributed by atoms with Crippen LogP contribution in [0.15, 0.2) is 194 Å². The molecule has 57 heavy (non-hydrogen) atoms. The maximum absolute atomic E-state index is 5.13. The van der Waals surface area contributed by atoms with Gasteiger partial charge in [-0.15, -0.1) is 11.3 Å². The number of rotatable bonds is 5. The van der Waals surface area contributed by atoms with Crippen LogP contribution in [0.3, 0.4) is 0 Å². The molecule has 0 N–H and O–H groups in total. The van der Waals surface area contributed by atoms with E-state index in [0.717, 1.165) is 39.5 Å². The van der Waals surface area contributed by atoms with E-state index in [1.54, 1.807) is 0 Å². The van der Waals surface area contributed by atoms with Gasteiger partial charge in [0.15, 0.2) is 5.82 Å². The molecular formula is C52H32N4S. The fraction of sp³-hybridized carbons (Fsp3) is 0. The Hall–Kier alpha value is -7.34. The molecule has 0 saturated carbocycles. The van der Waals surface area contributed by atoms with Crippen LogP contribution in [0.4, 0.5) is 0 Å². The third-order valence-electron chi connectivity index (χ3n) is 11.3. The predicted molar refractivity (Wildman–Crippen MR) is 240 cm³/mol. The monoisotopic (exact) mass is 744 g/mol. The average Bonchev–Trinajstić information content (AvgIpc) is 3.95. The summed E-state index contributed by atoms with van der Waals surface area (Å²) in [6.45, 7) is 0. The van der Waals surface area contributed by atoms with E-state index < -0.39 is 0 Å². The van der Waals surface area contributed by atoms with Gasteiger partial charge < -0.3 is 9.13 Å². The van der Waals surface area contributed by atoms with Crippen molar-refractivity contribution in [1.82, 2.24) is 19.1 Å². The third-order valence-corrected chi connectivity index (χ3v) is 12.5. The van der Waals surface area contributed by atoms with Crippen molar-refractivity contribution >= 4 is 75.1 Å². The number of hydrogen-bond donors (Lipinski definition) is 0. The molecule has 0 bridgehead atoms. The molecule has 12 rings (SSSR count). The van der Waals surface area contributed by atoms with Crippen molar-refractivity contribution in [1.29, 1.82) is 0 Å². The van der Waals surface area contributed by atoms with Crippen molar-refractivity contribution in [3.05, 3.63) is 194 Å². The van der Waals surface area contributed by atoms with Gasteiger partial charge in [-0.3, -0.25) is 0 Å². The minimum absolute atomic E-state index is 0.711. The molecule has 5 heteroatoms. The summed E-state index contributed by atoms with van der Waals surface area (Å²) < 4.78 is 7.56. The maximum Gasteiger partial charge on any atom is 0.160 e. The van der Waals surface area contributed by atoms with E-state index in [4.69, 9.17) is 9.97 Å². The van der Waals surface area contributed by atoms with Crippen molar-refractivity contribution in [3.63, 3.8) is 0 Å². The summed E-state index contributed by atoms with van der Waals surface area (Å²) in [6.07, 6.45) is 0. The lowest BCUT2D eigenvalue weighted by Gasteiger charge is -2.13.